The van der Waals surface area contributed by atoms with Crippen molar-refractivity contribution in [3.8, 4) is 0 Å². The van der Waals surface area contributed by atoms with Crippen LogP contribution in [0.2, 0.25) is 0 Å². The smallest absolute Gasteiger partial charge is 0.229 e. The third kappa shape index (κ3) is 3.56. The van der Waals surface area contributed by atoms with E-state index in [0.29, 0.717) is 11.6 Å². The fourth-order valence-electron chi connectivity index (χ4n) is 1.96. The molecule has 0 atom stereocenters. The molecule has 0 radical (unpaired) electrons. The van der Waals surface area contributed by atoms with Gasteiger partial charge in [-0.2, -0.15) is 0 Å². The molecule has 2 heterocycles. The highest BCUT2D eigenvalue weighted by atomic mass is 32.2. The first-order valence-electron chi connectivity index (χ1n) is 5.99. The number of sulfonamides is 1. The fraction of sp³-hybridized carbons (Fsp3) is 0.636. The molecule has 0 saturated carbocycles. The molecule has 0 aliphatic carbocycles. The highest BCUT2D eigenvalue weighted by Gasteiger charge is 2.17. The van der Waals surface area contributed by atoms with Gasteiger partial charge in [-0.25, -0.2) is 18.4 Å². The molecule has 18 heavy (non-hydrogen) atoms. The lowest BCUT2D eigenvalue weighted by Gasteiger charge is -2.30. The third-order valence-corrected chi connectivity index (χ3v) is 3.61. The maximum Gasteiger partial charge on any atom is 0.229 e. The molecule has 0 unspecified atom stereocenters. The van der Waals surface area contributed by atoms with E-state index in [1.807, 2.05) is 0 Å². The van der Waals surface area contributed by atoms with Crippen molar-refractivity contribution in [3.05, 3.63) is 12.4 Å². The summed E-state index contributed by atoms with van der Waals surface area (Å²) in [6.45, 7) is 4.16. The Labute approximate surface area is 107 Å². The number of rotatable bonds is 3. The molecule has 1 aromatic rings. The number of hydrogen-bond acceptors (Lipinski definition) is 5. The summed E-state index contributed by atoms with van der Waals surface area (Å²) < 4.78 is 24.4. The van der Waals surface area contributed by atoms with E-state index in [1.165, 1.54) is 12.4 Å². The molecule has 1 fully saturated rings. The van der Waals surface area contributed by atoms with Crippen LogP contribution in [0.3, 0.4) is 0 Å². The standard InChI is InChI=1S/C11H18N4O2S/c1-9-3-5-15(6-4-9)11-12-7-10(8-13-11)14-18(2,16)17/h7-9,14H,3-6H2,1-2H3. The first kappa shape index (κ1) is 13.1. The molecule has 0 spiro atoms. The second-order valence-electron chi connectivity index (χ2n) is 4.82. The Bertz CT molecular complexity index is 492. The van der Waals surface area contributed by atoms with E-state index in [0.717, 1.165) is 38.1 Å². The summed E-state index contributed by atoms with van der Waals surface area (Å²) in [6.07, 6.45) is 6.40. The lowest BCUT2D eigenvalue weighted by Crippen LogP contribution is -2.34. The average molecular weight is 270 g/mol. The number of piperidine rings is 1. The van der Waals surface area contributed by atoms with Gasteiger partial charge in [0.25, 0.3) is 0 Å². The predicted octanol–water partition coefficient (Wildman–Crippen LogP) is 1.08. The van der Waals surface area contributed by atoms with Crippen LogP contribution in [0, 0.1) is 5.92 Å². The largest absolute Gasteiger partial charge is 0.341 e. The second-order valence-corrected chi connectivity index (χ2v) is 6.56. The van der Waals surface area contributed by atoms with Crippen molar-refractivity contribution in [3.63, 3.8) is 0 Å². The quantitative estimate of drug-likeness (QED) is 0.889. The van der Waals surface area contributed by atoms with Crippen LogP contribution in [-0.4, -0.2) is 37.7 Å². The summed E-state index contributed by atoms with van der Waals surface area (Å²) in [5.41, 5.74) is 0.395. The minimum Gasteiger partial charge on any atom is -0.341 e. The Morgan fingerprint density at radius 3 is 2.33 bits per heavy atom. The van der Waals surface area contributed by atoms with Crippen molar-refractivity contribution < 1.29 is 8.42 Å². The maximum atomic E-state index is 11.0. The molecule has 0 bridgehead atoms. The highest BCUT2D eigenvalue weighted by Crippen LogP contribution is 2.20. The topological polar surface area (TPSA) is 75.2 Å². The van der Waals surface area contributed by atoms with E-state index in [9.17, 15) is 8.42 Å². The minimum absolute atomic E-state index is 0.395. The molecular formula is C11H18N4O2S. The zero-order valence-electron chi connectivity index (χ0n) is 10.6. The summed E-state index contributed by atoms with van der Waals surface area (Å²) in [6, 6.07) is 0. The minimum atomic E-state index is -3.27. The van der Waals surface area contributed by atoms with Crippen molar-refractivity contribution >= 4 is 21.7 Å². The van der Waals surface area contributed by atoms with E-state index < -0.39 is 10.0 Å². The van der Waals surface area contributed by atoms with E-state index >= 15 is 0 Å². The average Bonchev–Trinajstić information content (AvgIpc) is 2.29. The van der Waals surface area contributed by atoms with Crippen molar-refractivity contribution in [1.29, 1.82) is 0 Å². The number of aromatic nitrogens is 2. The Balaban J connectivity index is 2.03. The van der Waals surface area contributed by atoms with Crippen LogP contribution in [0.1, 0.15) is 19.8 Å². The van der Waals surface area contributed by atoms with E-state index in [-0.39, 0.29) is 0 Å². The molecule has 0 aromatic carbocycles. The van der Waals surface area contributed by atoms with Crippen molar-refractivity contribution in [2.45, 2.75) is 19.8 Å². The summed E-state index contributed by atoms with van der Waals surface area (Å²) in [5.74, 6) is 1.42. The van der Waals surface area contributed by atoms with Gasteiger partial charge in [-0.3, -0.25) is 4.72 Å². The van der Waals surface area contributed by atoms with Crippen LogP contribution in [0.5, 0.6) is 0 Å². The summed E-state index contributed by atoms with van der Waals surface area (Å²) in [4.78, 5) is 10.5. The van der Waals surface area contributed by atoms with Gasteiger partial charge in [0.05, 0.1) is 24.3 Å². The first-order chi connectivity index (χ1) is 8.44. The second kappa shape index (κ2) is 5.09. The summed E-state index contributed by atoms with van der Waals surface area (Å²) in [5, 5.41) is 0. The molecule has 1 aliphatic heterocycles. The van der Waals surface area contributed by atoms with Gasteiger partial charge < -0.3 is 4.90 Å². The molecular weight excluding hydrogens is 252 g/mol. The van der Waals surface area contributed by atoms with Gasteiger partial charge in [-0.15, -0.1) is 0 Å². The predicted molar refractivity (Wildman–Crippen MR) is 71.1 cm³/mol. The molecule has 1 aromatic heterocycles. The van der Waals surface area contributed by atoms with Gasteiger partial charge in [0.2, 0.25) is 16.0 Å². The van der Waals surface area contributed by atoms with Gasteiger partial charge in [-0.05, 0) is 18.8 Å². The van der Waals surface area contributed by atoms with Crippen LogP contribution in [0.15, 0.2) is 12.4 Å². The van der Waals surface area contributed by atoms with Gasteiger partial charge in [0.1, 0.15) is 0 Å². The van der Waals surface area contributed by atoms with Gasteiger partial charge in [-0.1, -0.05) is 6.92 Å². The maximum absolute atomic E-state index is 11.0. The normalized spacial score (nSPS) is 17.8. The lowest BCUT2D eigenvalue weighted by molar-refractivity contribution is 0.434. The molecule has 2 rings (SSSR count). The number of nitrogens with zero attached hydrogens (tertiary/aromatic N) is 3. The Kier molecular flexibility index (Phi) is 3.70. The number of nitrogens with one attached hydrogen (secondary N) is 1. The zero-order valence-corrected chi connectivity index (χ0v) is 11.4. The van der Waals surface area contributed by atoms with Gasteiger partial charge in [0, 0.05) is 13.1 Å². The fourth-order valence-corrected chi connectivity index (χ4v) is 2.49. The molecule has 6 nitrogen and oxygen atoms in total. The van der Waals surface area contributed by atoms with E-state index in [1.54, 1.807) is 0 Å². The van der Waals surface area contributed by atoms with Crippen LogP contribution < -0.4 is 9.62 Å². The molecule has 7 heteroatoms. The molecule has 100 valence electrons. The summed E-state index contributed by atoms with van der Waals surface area (Å²) in [7, 11) is -3.27. The molecule has 1 saturated heterocycles. The molecule has 0 amide bonds. The van der Waals surface area contributed by atoms with Gasteiger partial charge >= 0.3 is 0 Å². The monoisotopic (exact) mass is 270 g/mol. The lowest BCUT2D eigenvalue weighted by atomic mass is 10.00. The van der Waals surface area contributed by atoms with Crippen LogP contribution in [0.4, 0.5) is 11.6 Å². The van der Waals surface area contributed by atoms with Crippen LogP contribution in [0.25, 0.3) is 0 Å². The molecule has 1 aliphatic rings. The Hall–Kier alpha value is -1.37. The van der Waals surface area contributed by atoms with Gasteiger partial charge in [0.15, 0.2) is 0 Å². The number of hydrogen-bond donors (Lipinski definition) is 1. The zero-order chi connectivity index (χ0) is 13.2. The van der Waals surface area contributed by atoms with Crippen molar-refractivity contribution in [2.75, 3.05) is 29.0 Å². The molecule has 1 N–H and O–H groups in total. The Morgan fingerprint density at radius 1 is 1.28 bits per heavy atom. The van der Waals surface area contributed by atoms with Crippen molar-refractivity contribution in [1.82, 2.24) is 9.97 Å². The van der Waals surface area contributed by atoms with E-state index in [2.05, 4.69) is 26.5 Å². The summed E-state index contributed by atoms with van der Waals surface area (Å²) >= 11 is 0. The number of anilines is 2. The van der Waals surface area contributed by atoms with Crippen LogP contribution >= 0.6 is 0 Å². The first-order valence-corrected chi connectivity index (χ1v) is 7.88. The highest BCUT2D eigenvalue weighted by molar-refractivity contribution is 7.92. The van der Waals surface area contributed by atoms with E-state index in [4.69, 9.17) is 0 Å². The van der Waals surface area contributed by atoms with Crippen LogP contribution in [-0.2, 0) is 10.0 Å². The van der Waals surface area contributed by atoms with Crippen molar-refractivity contribution in [2.24, 2.45) is 5.92 Å². The Morgan fingerprint density at radius 2 is 1.83 bits per heavy atom. The third-order valence-electron chi connectivity index (χ3n) is 3.01. The SMILES string of the molecule is CC1CCN(c2ncc(NS(C)(=O)=O)cn2)CC1.